The van der Waals surface area contributed by atoms with Crippen LogP contribution in [0.25, 0.3) is 0 Å². The number of anilines is 2. The van der Waals surface area contributed by atoms with Gasteiger partial charge in [-0.25, -0.2) is 0 Å². The number of hydrogen-bond acceptors (Lipinski definition) is 8. The first-order valence-electron chi connectivity index (χ1n) is 9.16. The number of aliphatic hydroxyl groups is 2. The van der Waals surface area contributed by atoms with Gasteiger partial charge in [-0.15, -0.1) is 10.2 Å². The van der Waals surface area contributed by atoms with Gasteiger partial charge in [-0.05, 0) is 57.0 Å². The molecule has 0 saturated heterocycles. The summed E-state index contributed by atoms with van der Waals surface area (Å²) in [5, 5.41) is 40.9. The summed E-state index contributed by atoms with van der Waals surface area (Å²) in [5.74, 6) is -0.301. The largest absolute Gasteiger partial charge is 0.394 e. The van der Waals surface area contributed by atoms with Crippen molar-refractivity contribution in [1.82, 2.24) is 0 Å². The second-order valence-corrected chi connectivity index (χ2v) is 8.18. The van der Waals surface area contributed by atoms with E-state index in [2.05, 4.69) is 47.4 Å². The number of aliphatic hydroxyl groups excluding tert-OH is 2. The zero-order valence-electron chi connectivity index (χ0n) is 16.7. The van der Waals surface area contributed by atoms with Gasteiger partial charge in [0.25, 0.3) is 5.69 Å². The number of carbonyl (C=O) groups excluding carboxylic acids is 1. The highest BCUT2D eigenvalue weighted by atomic mass is 79.9. The van der Waals surface area contributed by atoms with Crippen molar-refractivity contribution in [3.8, 4) is 0 Å². The first-order chi connectivity index (χ1) is 14.7. The average Bonchev–Trinajstić information content (AvgIpc) is 2.71. The highest BCUT2D eigenvalue weighted by molar-refractivity contribution is 9.11. The van der Waals surface area contributed by atoms with Gasteiger partial charge in [-0.2, -0.15) is 0 Å². The SMILES string of the molecule is CCN(C[C@@H](O)CO)c1ccc(N=Nc2c(Br)cc([N+](=O)[O-])cc2Br)c(NC(C)=O)c1. The van der Waals surface area contributed by atoms with Gasteiger partial charge in [0, 0.05) is 37.8 Å². The highest BCUT2D eigenvalue weighted by Gasteiger charge is 2.16. The Labute approximate surface area is 195 Å². The first kappa shape index (κ1) is 24.9. The Morgan fingerprint density at radius 2 is 1.90 bits per heavy atom. The average molecular weight is 559 g/mol. The Morgan fingerprint density at radius 3 is 2.42 bits per heavy atom. The molecular weight excluding hydrogens is 538 g/mol. The van der Waals surface area contributed by atoms with E-state index >= 15 is 0 Å². The van der Waals surface area contributed by atoms with E-state index in [0.717, 1.165) is 5.69 Å². The molecule has 0 aliphatic rings. The molecule has 0 unspecified atom stereocenters. The maximum atomic E-state index is 11.7. The number of nitro benzene ring substituents is 1. The molecule has 0 heterocycles. The second kappa shape index (κ2) is 11.3. The first-order valence-corrected chi connectivity index (χ1v) is 10.8. The summed E-state index contributed by atoms with van der Waals surface area (Å²) in [6, 6.07) is 7.76. The summed E-state index contributed by atoms with van der Waals surface area (Å²) in [4.78, 5) is 24.0. The van der Waals surface area contributed by atoms with Crippen LogP contribution in [0.4, 0.5) is 28.4 Å². The van der Waals surface area contributed by atoms with Crippen LogP contribution in [0.2, 0.25) is 0 Å². The Bertz CT molecular complexity index is 979. The monoisotopic (exact) mass is 557 g/mol. The molecule has 0 bridgehead atoms. The summed E-state index contributed by atoms with van der Waals surface area (Å²) in [6.07, 6.45) is -0.902. The van der Waals surface area contributed by atoms with Gasteiger partial charge in [-0.3, -0.25) is 14.9 Å². The molecule has 0 aliphatic carbocycles. The van der Waals surface area contributed by atoms with Gasteiger partial charge < -0.3 is 20.4 Å². The minimum absolute atomic E-state index is 0.106. The normalized spacial score (nSPS) is 12.1. The van der Waals surface area contributed by atoms with Crippen LogP contribution in [-0.4, -0.2) is 46.8 Å². The zero-order chi connectivity index (χ0) is 23.1. The summed E-state index contributed by atoms with van der Waals surface area (Å²) in [6.45, 7) is 3.69. The molecule has 0 aromatic heterocycles. The fraction of sp³-hybridized carbons (Fsp3) is 0.316. The van der Waals surface area contributed by atoms with E-state index < -0.39 is 11.0 Å². The van der Waals surface area contributed by atoms with Gasteiger partial charge >= 0.3 is 0 Å². The van der Waals surface area contributed by atoms with Crippen molar-refractivity contribution in [1.29, 1.82) is 0 Å². The number of non-ortho nitro benzene ring substituents is 1. The molecule has 2 aromatic rings. The number of hydrogen-bond donors (Lipinski definition) is 3. The number of amides is 1. The topological polar surface area (TPSA) is 141 Å². The number of carbonyl (C=O) groups is 1. The molecule has 2 aromatic carbocycles. The third kappa shape index (κ3) is 6.79. The summed E-state index contributed by atoms with van der Waals surface area (Å²) in [7, 11) is 0. The number of benzene rings is 2. The van der Waals surface area contributed by atoms with Crippen LogP contribution in [0.3, 0.4) is 0 Å². The molecule has 2 rings (SSSR count). The van der Waals surface area contributed by atoms with Crippen molar-refractivity contribution in [3.63, 3.8) is 0 Å². The maximum Gasteiger partial charge on any atom is 0.271 e. The second-order valence-electron chi connectivity index (χ2n) is 6.47. The van der Waals surface area contributed by atoms with Crippen LogP contribution in [-0.2, 0) is 4.79 Å². The van der Waals surface area contributed by atoms with Crippen molar-refractivity contribution in [2.24, 2.45) is 10.2 Å². The van der Waals surface area contributed by atoms with E-state index in [4.69, 9.17) is 5.11 Å². The zero-order valence-corrected chi connectivity index (χ0v) is 19.9. The highest BCUT2D eigenvalue weighted by Crippen LogP contribution is 2.39. The number of nitrogens with one attached hydrogen (secondary N) is 1. The lowest BCUT2D eigenvalue weighted by Crippen LogP contribution is -2.34. The van der Waals surface area contributed by atoms with Crippen LogP contribution >= 0.6 is 31.9 Å². The smallest absolute Gasteiger partial charge is 0.271 e. The van der Waals surface area contributed by atoms with Gasteiger partial charge in [0.05, 0.1) is 32.3 Å². The van der Waals surface area contributed by atoms with Crippen LogP contribution in [0.15, 0.2) is 49.5 Å². The number of rotatable bonds is 9. The number of azo groups is 1. The Kier molecular flexibility index (Phi) is 9.04. The Hall–Kier alpha value is -2.41. The van der Waals surface area contributed by atoms with Gasteiger partial charge in [0.15, 0.2) is 0 Å². The molecule has 0 aliphatic heterocycles. The van der Waals surface area contributed by atoms with E-state index in [0.29, 0.717) is 32.6 Å². The van der Waals surface area contributed by atoms with E-state index in [1.54, 1.807) is 18.2 Å². The predicted molar refractivity (Wildman–Crippen MR) is 124 cm³/mol. The summed E-state index contributed by atoms with van der Waals surface area (Å²) in [5.41, 5.74) is 1.74. The van der Waals surface area contributed by atoms with Crippen LogP contribution in [0.5, 0.6) is 0 Å². The van der Waals surface area contributed by atoms with Crippen molar-refractivity contribution in [2.45, 2.75) is 20.0 Å². The van der Waals surface area contributed by atoms with E-state index in [1.165, 1.54) is 19.1 Å². The van der Waals surface area contributed by atoms with Crippen LogP contribution in [0, 0.1) is 10.1 Å². The standard InChI is InChI=1S/C19H21Br2N5O5/c1-3-25(9-14(29)10-27)12-4-5-17(18(8-12)22-11(2)28)23-24-19-15(20)6-13(26(30)31)7-16(19)21/h4-8,14,27,29H,3,9-10H2,1-2H3,(H,22,28)/t14-/m1/s1. The molecular formula is C19H21Br2N5O5. The van der Waals surface area contributed by atoms with Crippen molar-refractivity contribution in [2.75, 3.05) is 29.9 Å². The minimum atomic E-state index is -0.902. The number of nitrogens with zero attached hydrogens (tertiary/aromatic N) is 4. The van der Waals surface area contributed by atoms with Gasteiger partial charge in [0.1, 0.15) is 11.4 Å². The lowest BCUT2D eigenvalue weighted by Gasteiger charge is -2.26. The molecule has 166 valence electrons. The third-order valence-electron chi connectivity index (χ3n) is 4.15. The van der Waals surface area contributed by atoms with Gasteiger partial charge in [0.2, 0.25) is 5.91 Å². The molecule has 12 heteroatoms. The van der Waals surface area contributed by atoms with Gasteiger partial charge in [-0.1, -0.05) is 0 Å². The van der Waals surface area contributed by atoms with Crippen molar-refractivity contribution < 1.29 is 19.9 Å². The third-order valence-corrected chi connectivity index (χ3v) is 5.36. The molecule has 0 spiro atoms. The minimum Gasteiger partial charge on any atom is -0.394 e. The lowest BCUT2D eigenvalue weighted by atomic mass is 10.2. The van der Waals surface area contributed by atoms with E-state index in [1.807, 2.05) is 11.8 Å². The van der Waals surface area contributed by atoms with Crippen LogP contribution < -0.4 is 10.2 Å². The Morgan fingerprint density at radius 1 is 1.26 bits per heavy atom. The molecule has 10 nitrogen and oxygen atoms in total. The number of halogens is 2. The molecule has 3 N–H and O–H groups in total. The fourth-order valence-electron chi connectivity index (χ4n) is 2.68. The quantitative estimate of drug-likeness (QED) is 0.232. The summed E-state index contributed by atoms with van der Waals surface area (Å²) < 4.78 is 0.760. The molecule has 31 heavy (non-hydrogen) atoms. The number of nitro groups is 1. The van der Waals surface area contributed by atoms with Crippen molar-refractivity contribution >= 4 is 66.2 Å². The molecule has 0 fully saturated rings. The summed E-state index contributed by atoms with van der Waals surface area (Å²) >= 11 is 6.52. The van der Waals surface area contributed by atoms with E-state index in [9.17, 15) is 20.0 Å². The van der Waals surface area contributed by atoms with Crippen molar-refractivity contribution in [3.05, 3.63) is 49.4 Å². The lowest BCUT2D eigenvalue weighted by molar-refractivity contribution is -0.385. The molecule has 1 atom stereocenters. The van der Waals surface area contributed by atoms with E-state index in [-0.39, 0.29) is 24.7 Å². The number of likely N-dealkylation sites (N-methyl/N-ethyl adjacent to an activating group) is 1. The molecule has 0 radical (unpaired) electrons. The van der Waals surface area contributed by atoms with Crippen LogP contribution in [0.1, 0.15) is 13.8 Å². The fourth-order valence-corrected chi connectivity index (χ4v) is 4.00. The Balaban J connectivity index is 2.42. The molecule has 0 saturated carbocycles. The predicted octanol–water partition coefficient (Wildman–Crippen LogP) is 4.67. The molecule has 1 amide bonds. The maximum absolute atomic E-state index is 11.7.